The monoisotopic (exact) mass is 257 g/mol. The van der Waals surface area contributed by atoms with Crippen LogP contribution in [0.5, 0.6) is 5.75 Å². The van der Waals surface area contributed by atoms with Gasteiger partial charge < -0.3 is 10.1 Å². The van der Waals surface area contributed by atoms with Crippen LogP contribution in [0.1, 0.15) is 11.1 Å². The van der Waals surface area contributed by atoms with Gasteiger partial charge in [-0.25, -0.2) is 0 Å². The number of ether oxygens (including phenoxy) is 1. The fraction of sp³-hybridized carbons (Fsp3) is 0.455. The first-order valence-corrected chi connectivity index (χ1v) is 5.46. The molecule has 1 aromatic carbocycles. The lowest BCUT2D eigenvalue weighted by atomic mass is 10.1. The number of aryl methyl sites for hydroxylation is 1. The first-order valence-electron chi connectivity index (χ1n) is 4.66. The molecule has 0 bridgehead atoms. The van der Waals surface area contributed by atoms with Crippen molar-refractivity contribution in [1.82, 2.24) is 5.32 Å². The zero-order valence-corrected chi connectivity index (χ0v) is 10.4. The van der Waals surface area contributed by atoms with Gasteiger partial charge in [0.1, 0.15) is 5.75 Å². The van der Waals surface area contributed by atoms with Gasteiger partial charge >= 0.3 is 0 Å². The highest BCUT2D eigenvalue weighted by Crippen LogP contribution is 2.27. The Labute approximate surface area is 93.8 Å². The van der Waals surface area contributed by atoms with Gasteiger partial charge in [-0.2, -0.15) is 0 Å². The summed E-state index contributed by atoms with van der Waals surface area (Å²) in [6.45, 7) is 3.03. The third-order valence-corrected chi connectivity index (χ3v) is 2.62. The van der Waals surface area contributed by atoms with Crippen molar-refractivity contribution >= 4 is 15.9 Å². The van der Waals surface area contributed by atoms with Crippen LogP contribution in [-0.4, -0.2) is 20.7 Å². The van der Waals surface area contributed by atoms with Crippen LogP contribution < -0.4 is 10.1 Å². The van der Waals surface area contributed by atoms with E-state index >= 15 is 0 Å². The van der Waals surface area contributed by atoms with Crippen LogP contribution in [0.4, 0.5) is 0 Å². The van der Waals surface area contributed by atoms with Gasteiger partial charge in [0.05, 0.1) is 7.11 Å². The Morgan fingerprint density at radius 2 is 2.14 bits per heavy atom. The van der Waals surface area contributed by atoms with Gasteiger partial charge in [0.15, 0.2) is 0 Å². The third-order valence-electron chi connectivity index (χ3n) is 2.16. The molecule has 1 aromatic rings. The molecule has 0 aliphatic heterocycles. The van der Waals surface area contributed by atoms with E-state index in [4.69, 9.17) is 4.74 Å². The highest BCUT2D eigenvalue weighted by molar-refractivity contribution is 9.10. The number of benzene rings is 1. The van der Waals surface area contributed by atoms with Crippen LogP contribution in [0.2, 0.25) is 0 Å². The SMILES string of the molecule is CNCCc1cc(Br)cc(C)c1OC. The standard InChI is InChI=1S/C11H16BrNO/c1-8-6-10(12)7-9(4-5-13-2)11(8)14-3/h6-7,13H,4-5H2,1-3H3. The maximum absolute atomic E-state index is 5.38. The van der Waals surface area contributed by atoms with Gasteiger partial charge in [0, 0.05) is 4.47 Å². The molecule has 0 aliphatic rings. The van der Waals surface area contributed by atoms with Crippen molar-refractivity contribution in [3.63, 3.8) is 0 Å². The Kier molecular flexibility index (Phi) is 4.42. The molecule has 0 fully saturated rings. The number of rotatable bonds is 4. The Bertz CT molecular complexity index is 312. The van der Waals surface area contributed by atoms with Crippen molar-refractivity contribution in [2.24, 2.45) is 0 Å². The van der Waals surface area contributed by atoms with Crippen molar-refractivity contribution in [3.8, 4) is 5.75 Å². The highest BCUT2D eigenvalue weighted by Gasteiger charge is 2.06. The summed E-state index contributed by atoms with van der Waals surface area (Å²) in [5, 5.41) is 3.14. The van der Waals surface area contributed by atoms with Crippen LogP contribution in [0, 0.1) is 6.92 Å². The molecule has 2 nitrogen and oxygen atoms in total. The molecular formula is C11H16BrNO. The van der Waals surface area contributed by atoms with E-state index in [-0.39, 0.29) is 0 Å². The van der Waals surface area contributed by atoms with E-state index in [9.17, 15) is 0 Å². The quantitative estimate of drug-likeness (QED) is 0.896. The largest absolute Gasteiger partial charge is 0.496 e. The van der Waals surface area contributed by atoms with E-state index in [1.54, 1.807) is 7.11 Å². The Hall–Kier alpha value is -0.540. The van der Waals surface area contributed by atoms with Gasteiger partial charge in [0.2, 0.25) is 0 Å². The van der Waals surface area contributed by atoms with Gasteiger partial charge in [0.25, 0.3) is 0 Å². The molecule has 0 saturated carbocycles. The fourth-order valence-corrected chi connectivity index (χ4v) is 2.16. The topological polar surface area (TPSA) is 21.3 Å². The number of nitrogens with one attached hydrogen (secondary N) is 1. The predicted octanol–water partition coefficient (Wildman–Crippen LogP) is 2.53. The summed E-state index contributed by atoms with van der Waals surface area (Å²) < 4.78 is 6.49. The first-order chi connectivity index (χ1) is 6.69. The molecule has 0 amide bonds. The molecule has 0 aromatic heterocycles. The van der Waals surface area contributed by atoms with Crippen LogP contribution in [0.3, 0.4) is 0 Å². The number of hydrogen-bond donors (Lipinski definition) is 1. The number of methoxy groups -OCH3 is 1. The molecule has 1 rings (SSSR count). The summed E-state index contributed by atoms with van der Waals surface area (Å²) in [6.07, 6.45) is 0.986. The second kappa shape index (κ2) is 5.37. The van der Waals surface area contributed by atoms with Gasteiger partial charge in [-0.15, -0.1) is 0 Å². The summed E-state index contributed by atoms with van der Waals surface area (Å²) in [5.41, 5.74) is 2.42. The maximum Gasteiger partial charge on any atom is 0.125 e. The van der Waals surface area contributed by atoms with Crippen molar-refractivity contribution in [2.75, 3.05) is 20.7 Å². The lowest BCUT2D eigenvalue weighted by molar-refractivity contribution is 0.406. The lowest BCUT2D eigenvalue weighted by Crippen LogP contribution is -2.11. The molecule has 1 N–H and O–H groups in total. The molecule has 0 atom stereocenters. The van der Waals surface area contributed by atoms with E-state index in [0.717, 1.165) is 23.2 Å². The van der Waals surface area contributed by atoms with Crippen molar-refractivity contribution in [1.29, 1.82) is 0 Å². The second-order valence-corrected chi connectivity index (χ2v) is 4.18. The second-order valence-electron chi connectivity index (χ2n) is 3.27. The summed E-state index contributed by atoms with van der Waals surface area (Å²) >= 11 is 3.49. The molecule has 0 aliphatic carbocycles. The third kappa shape index (κ3) is 2.72. The minimum Gasteiger partial charge on any atom is -0.496 e. The summed E-state index contributed by atoms with van der Waals surface area (Å²) in [5.74, 6) is 1.00. The Balaban J connectivity index is 2.99. The van der Waals surface area contributed by atoms with Crippen molar-refractivity contribution in [2.45, 2.75) is 13.3 Å². The molecule has 0 radical (unpaired) electrons. The van der Waals surface area contributed by atoms with Crippen molar-refractivity contribution < 1.29 is 4.74 Å². The van der Waals surface area contributed by atoms with Crippen LogP contribution >= 0.6 is 15.9 Å². The predicted molar refractivity (Wildman–Crippen MR) is 63.1 cm³/mol. The minimum atomic E-state index is 0.965. The number of likely N-dealkylation sites (N-methyl/N-ethyl adjacent to an activating group) is 1. The van der Waals surface area contributed by atoms with Crippen molar-refractivity contribution in [3.05, 3.63) is 27.7 Å². The van der Waals surface area contributed by atoms with Crippen LogP contribution in [-0.2, 0) is 6.42 Å². The molecule has 78 valence electrons. The zero-order chi connectivity index (χ0) is 10.6. The van der Waals surface area contributed by atoms with Gasteiger partial charge in [-0.1, -0.05) is 15.9 Å². The van der Waals surface area contributed by atoms with E-state index in [1.807, 2.05) is 7.05 Å². The minimum absolute atomic E-state index is 0.965. The molecular weight excluding hydrogens is 242 g/mol. The highest BCUT2D eigenvalue weighted by atomic mass is 79.9. The zero-order valence-electron chi connectivity index (χ0n) is 8.86. The van der Waals surface area contributed by atoms with Crippen LogP contribution in [0.25, 0.3) is 0 Å². The normalized spacial score (nSPS) is 10.3. The number of halogens is 1. The average molecular weight is 258 g/mol. The maximum atomic E-state index is 5.38. The molecule has 0 spiro atoms. The lowest BCUT2D eigenvalue weighted by Gasteiger charge is -2.11. The summed E-state index contributed by atoms with van der Waals surface area (Å²) in [6, 6.07) is 4.19. The molecule has 3 heteroatoms. The summed E-state index contributed by atoms with van der Waals surface area (Å²) in [7, 11) is 3.68. The Morgan fingerprint density at radius 1 is 1.43 bits per heavy atom. The molecule has 14 heavy (non-hydrogen) atoms. The van der Waals surface area contributed by atoms with Gasteiger partial charge in [-0.05, 0) is 50.2 Å². The average Bonchev–Trinajstić information content (AvgIpc) is 2.14. The summed E-state index contributed by atoms with van der Waals surface area (Å²) in [4.78, 5) is 0. The molecule has 0 unspecified atom stereocenters. The number of hydrogen-bond acceptors (Lipinski definition) is 2. The van der Waals surface area contributed by atoms with Gasteiger partial charge in [-0.3, -0.25) is 0 Å². The molecule has 0 saturated heterocycles. The van der Waals surface area contributed by atoms with E-state index < -0.39 is 0 Å². The smallest absolute Gasteiger partial charge is 0.125 e. The Morgan fingerprint density at radius 3 is 2.71 bits per heavy atom. The van der Waals surface area contributed by atoms with E-state index in [2.05, 4.69) is 40.3 Å². The fourth-order valence-electron chi connectivity index (χ4n) is 1.54. The van der Waals surface area contributed by atoms with E-state index in [1.165, 1.54) is 11.1 Å². The first kappa shape index (κ1) is 11.5. The van der Waals surface area contributed by atoms with Crippen LogP contribution in [0.15, 0.2) is 16.6 Å². The molecule has 0 heterocycles. The van der Waals surface area contributed by atoms with E-state index in [0.29, 0.717) is 0 Å².